The van der Waals surface area contributed by atoms with Gasteiger partial charge in [-0.25, -0.2) is 4.39 Å². The first-order chi connectivity index (χ1) is 10.0. The number of hydrogen-bond acceptors (Lipinski definition) is 4. The SMILES string of the molecule is CCC(=O)NC1CCCN(c2cc(F)ccc2[N+](=O)[O-])C1. The van der Waals surface area contributed by atoms with Crippen LogP contribution in [-0.2, 0) is 4.79 Å². The Morgan fingerprint density at radius 2 is 2.33 bits per heavy atom. The molecule has 21 heavy (non-hydrogen) atoms. The van der Waals surface area contributed by atoms with E-state index in [4.69, 9.17) is 0 Å². The third-order valence-electron chi connectivity index (χ3n) is 3.58. The van der Waals surface area contributed by atoms with Crippen molar-refractivity contribution in [1.29, 1.82) is 0 Å². The summed E-state index contributed by atoms with van der Waals surface area (Å²) in [4.78, 5) is 23.8. The predicted molar refractivity (Wildman–Crippen MR) is 76.7 cm³/mol. The maximum atomic E-state index is 13.4. The van der Waals surface area contributed by atoms with E-state index in [1.807, 2.05) is 0 Å². The molecular weight excluding hydrogens is 277 g/mol. The minimum atomic E-state index is -0.511. The molecule has 1 heterocycles. The second kappa shape index (κ2) is 6.51. The van der Waals surface area contributed by atoms with Gasteiger partial charge in [-0.05, 0) is 18.9 Å². The lowest BCUT2D eigenvalue weighted by atomic mass is 10.0. The van der Waals surface area contributed by atoms with Crippen LogP contribution in [0.15, 0.2) is 18.2 Å². The minimum absolute atomic E-state index is 0.0457. The van der Waals surface area contributed by atoms with Crippen LogP contribution in [0.25, 0.3) is 0 Å². The maximum Gasteiger partial charge on any atom is 0.292 e. The Labute approximate surface area is 122 Å². The Bertz CT molecular complexity index is 550. The zero-order valence-electron chi connectivity index (χ0n) is 11.8. The zero-order chi connectivity index (χ0) is 15.4. The fourth-order valence-electron chi connectivity index (χ4n) is 2.55. The molecule has 0 spiro atoms. The third kappa shape index (κ3) is 3.68. The number of carbonyl (C=O) groups excluding carboxylic acids is 1. The summed E-state index contributed by atoms with van der Waals surface area (Å²) in [6, 6.07) is 3.39. The van der Waals surface area contributed by atoms with Gasteiger partial charge >= 0.3 is 0 Å². The van der Waals surface area contributed by atoms with Gasteiger partial charge in [-0.15, -0.1) is 0 Å². The summed E-state index contributed by atoms with van der Waals surface area (Å²) in [5, 5.41) is 14.0. The summed E-state index contributed by atoms with van der Waals surface area (Å²) >= 11 is 0. The van der Waals surface area contributed by atoms with Crippen LogP contribution in [0.1, 0.15) is 26.2 Å². The number of nitro benzene ring substituents is 1. The van der Waals surface area contributed by atoms with Gasteiger partial charge in [0, 0.05) is 37.7 Å². The number of amides is 1. The number of halogens is 1. The molecule has 1 aromatic rings. The van der Waals surface area contributed by atoms with Gasteiger partial charge < -0.3 is 10.2 Å². The summed E-state index contributed by atoms with van der Waals surface area (Å²) in [5.41, 5.74) is 0.161. The topological polar surface area (TPSA) is 75.5 Å². The molecule has 1 fully saturated rings. The first-order valence-corrected chi connectivity index (χ1v) is 6.99. The molecule has 0 aliphatic carbocycles. The lowest BCUT2D eigenvalue weighted by Crippen LogP contribution is -2.47. The second-order valence-corrected chi connectivity index (χ2v) is 5.10. The smallest absolute Gasteiger partial charge is 0.292 e. The molecule has 0 aromatic heterocycles. The van der Waals surface area contributed by atoms with Crippen molar-refractivity contribution in [3.63, 3.8) is 0 Å². The second-order valence-electron chi connectivity index (χ2n) is 5.10. The molecule has 114 valence electrons. The van der Waals surface area contributed by atoms with E-state index in [1.165, 1.54) is 12.1 Å². The van der Waals surface area contributed by atoms with E-state index >= 15 is 0 Å². The minimum Gasteiger partial charge on any atom is -0.364 e. The molecule has 2 rings (SSSR count). The van der Waals surface area contributed by atoms with Crippen LogP contribution in [0.4, 0.5) is 15.8 Å². The molecule has 7 heteroatoms. The van der Waals surface area contributed by atoms with E-state index in [1.54, 1.807) is 11.8 Å². The van der Waals surface area contributed by atoms with Gasteiger partial charge in [-0.3, -0.25) is 14.9 Å². The lowest BCUT2D eigenvalue weighted by Gasteiger charge is -2.34. The van der Waals surface area contributed by atoms with E-state index in [2.05, 4.69) is 5.32 Å². The molecule has 1 N–H and O–H groups in total. The summed E-state index contributed by atoms with van der Waals surface area (Å²) < 4.78 is 13.4. The molecule has 1 aliphatic heterocycles. The molecule has 1 atom stereocenters. The lowest BCUT2D eigenvalue weighted by molar-refractivity contribution is -0.384. The van der Waals surface area contributed by atoms with Crippen molar-refractivity contribution in [3.8, 4) is 0 Å². The van der Waals surface area contributed by atoms with Crippen molar-refractivity contribution in [2.24, 2.45) is 0 Å². The van der Waals surface area contributed by atoms with Crippen LogP contribution in [-0.4, -0.2) is 30.0 Å². The highest BCUT2D eigenvalue weighted by Gasteiger charge is 2.26. The van der Waals surface area contributed by atoms with Crippen LogP contribution in [0.2, 0.25) is 0 Å². The maximum absolute atomic E-state index is 13.4. The van der Waals surface area contributed by atoms with Crippen molar-refractivity contribution in [2.75, 3.05) is 18.0 Å². The number of piperidine rings is 1. The molecule has 1 aliphatic rings. The van der Waals surface area contributed by atoms with Crippen LogP contribution < -0.4 is 10.2 Å². The molecule has 1 amide bonds. The van der Waals surface area contributed by atoms with Gasteiger partial charge in [0.2, 0.25) is 5.91 Å². The summed E-state index contributed by atoms with van der Waals surface area (Å²) in [5.74, 6) is -0.550. The average molecular weight is 295 g/mol. The molecule has 0 radical (unpaired) electrons. The molecule has 1 aromatic carbocycles. The van der Waals surface area contributed by atoms with E-state index in [0.29, 0.717) is 19.5 Å². The molecular formula is C14H18FN3O3. The highest BCUT2D eigenvalue weighted by molar-refractivity contribution is 5.76. The number of nitrogens with one attached hydrogen (secondary N) is 1. The first-order valence-electron chi connectivity index (χ1n) is 6.99. The number of nitrogens with zero attached hydrogens (tertiary/aromatic N) is 2. The van der Waals surface area contributed by atoms with E-state index in [9.17, 15) is 19.3 Å². The highest BCUT2D eigenvalue weighted by Crippen LogP contribution is 2.31. The van der Waals surface area contributed by atoms with Crippen LogP contribution >= 0.6 is 0 Å². The van der Waals surface area contributed by atoms with Gasteiger partial charge in [-0.2, -0.15) is 0 Å². The molecule has 0 bridgehead atoms. The normalized spacial score (nSPS) is 18.4. The van der Waals surface area contributed by atoms with E-state index < -0.39 is 10.7 Å². The standard InChI is InChI=1S/C14H18FN3O3/c1-2-14(19)16-11-4-3-7-17(9-11)13-8-10(15)5-6-12(13)18(20)21/h5-6,8,11H,2-4,7,9H2,1H3,(H,16,19). The summed E-state index contributed by atoms with van der Waals surface area (Å²) in [7, 11) is 0. The van der Waals surface area contributed by atoms with Gasteiger partial charge in [0.15, 0.2) is 0 Å². The molecule has 6 nitrogen and oxygen atoms in total. The van der Waals surface area contributed by atoms with Crippen molar-refractivity contribution in [3.05, 3.63) is 34.1 Å². The quantitative estimate of drug-likeness (QED) is 0.682. The van der Waals surface area contributed by atoms with E-state index in [0.717, 1.165) is 18.9 Å². The Morgan fingerprint density at radius 3 is 3.00 bits per heavy atom. The summed E-state index contributed by atoms with van der Waals surface area (Å²) in [6.07, 6.45) is 2.02. The Balaban J connectivity index is 2.19. The average Bonchev–Trinajstić information content (AvgIpc) is 2.47. The Kier molecular flexibility index (Phi) is 4.72. The van der Waals surface area contributed by atoms with Crippen LogP contribution in [0.5, 0.6) is 0 Å². The number of nitro groups is 1. The monoisotopic (exact) mass is 295 g/mol. The van der Waals surface area contributed by atoms with Gasteiger partial charge in [0.25, 0.3) is 5.69 Å². The highest BCUT2D eigenvalue weighted by atomic mass is 19.1. The van der Waals surface area contributed by atoms with Crippen molar-refractivity contribution in [1.82, 2.24) is 5.32 Å². The van der Waals surface area contributed by atoms with Crippen molar-refractivity contribution >= 4 is 17.3 Å². The Hall–Kier alpha value is -2.18. The molecule has 1 saturated heterocycles. The van der Waals surface area contributed by atoms with Crippen LogP contribution in [0, 0.1) is 15.9 Å². The number of carbonyl (C=O) groups is 1. The fraction of sp³-hybridized carbons (Fsp3) is 0.500. The van der Waals surface area contributed by atoms with Crippen molar-refractivity contribution < 1.29 is 14.1 Å². The van der Waals surface area contributed by atoms with E-state index in [-0.39, 0.29) is 23.3 Å². The van der Waals surface area contributed by atoms with Crippen molar-refractivity contribution in [2.45, 2.75) is 32.2 Å². The number of rotatable bonds is 4. The molecule has 0 saturated carbocycles. The van der Waals surface area contributed by atoms with Gasteiger partial charge in [-0.1, -0.05) is 6.92 Å². The first kappa shape index (κ1) is 15.2. The fourth-order valence-corrected chi connectivity index (χ4v) is 2.55. The number of anilines is 1. The zero-order valence-corrected chi connectivity index (χ0v) is 11.8. The molecule has 1 unspecified atom stereocenters. The third-order valence-corrected chi connectivity index (χ3v) is 3.58. The largest absolute Gasteiger partial charge is 0.364 e. The Morgan fingerprint density at radius 1 is 1.57 bits per heavy atom. The number of benzene rings is 1. The van der Waals surface area contributed by atoms with Crippen LogP contribution in [0.3, 0.4) is 0 Å². The van der Waals surface area contributed by atoms with Gasteiger partial charge in [0.05, 0.1) is 4.92 Å². The van der Waals surface area contributed by atoms with Gasteiger partial charge in [0.1, 0.15) is 11.5 Å². The predicted octanol–water partition coefficient (Wildman–Crippen LogP) is 2.23. The summed E-state index contributed by atoms with van der Waals surface area (Å²) in [6.45, 7) is 2.84. The number of hydrogen-bond donors (Lipinski definition) is 1.